The molecule has 0 radical (unpaired) electrons. The van der Waals surface area contributed by atoms with Gasteiger partial charge in [0.05, 0.1) is 17.9 Å². The van der Waals surface area contributed by atoms with Gasteiger partial charge in [-0.3, -0.25) is 9.59 Å². The Hall–Kier alpha value is -3.41. The molecule has 1 N–H and O–H groups in total. The summed E-state index contributed by atoms with van der Waals surface area (Å²) in [6.45, 7) is 8.35. The third-order valence-corrected chi connectivity index (χ3v) is 5.21. The zero-order valence-corrected chi connectivity index (χ0v) is 18.7. The van der Waals surface area contributed by atoms with Crippen molar-refractivity contribution in [1.29, 1.82) is 0 Å². The Morgan fingerprint density at radius 1 is 1.00 bits per heavy atom. The molecule has 0 spiro atoms. The SMILES string of the molecule is CCCN(CC(=O)Nc1c(-c2ccccc2)c(C)nn1-c1ccccc1C)C(=O)CC. The van der Waals surface area contributed by atoms with Crippen LogP contribution >= 0.6 is 0 Å². The van der Waals surface area contributed by atoms with Gasteiger partial charge in [-0.2, -0.15) is 5.10 Å². The molecule has 0 saturated carbocycles. The van der Waals surface area contributed by atoms with Crippen molar-refractivity contribution < 1.29 is 9.59 Å². The van der Waals surface area contributed by atoms with Gasteiger partial charge < -0.3 is 10.2 Å². The minimum Gasteiger partial charge on any atom is -0.333 e. The zero-order chi connectivity index (χ0) is 22.4. The number of benzene rings is 2. The molecule has 6 nitrogen and oxygen atoms in total. The first-order chi connectivity index (χ1) is 15.0. The standard InChI is InChI=1S/C25H30N4O2/c1-5-16-28(23(31)6-2)17-22(30)26-25-24(20-13-8-7-9-14-20)19(4)27-29(25)21-15-11-10-12-18(21)3/h7-15H,5-6,16-17H2,1-4H3,(H,26,30). The van der Waals surface area contributed by atoms with E-state index in [1.165, 1.54) is 0 Å². The molecule has 0 bridgehead atoms. The van der Waals surface area contributed by atoms with Crippen molar-refractivity contribution in [2.75, 3.05) is 18.4 Å². The van der Waals surface area contributed by atoms with E-state index in [-0.39, 0.29) is 18.4 Å². The Morgan fingerprint density at radius 2 is 1.68 bits per heavy atom. The summed E-state index contributed by atoms with van der Waals surface area (Å²) >= 11 is 0. The van der Waals surface area contributed by atoms with E-state index in [9.17, 15) is 9.59 Å². The van der Waals surface area contributed by atoms with E-state index in [1.54, 1.807) is 9.58 Å². The topological polar surface area (TPSA) is 67.2 Å². The van der Waals surface area contributed by atoms with E-state index in [0.29, 0.717) is 18.8 Å². The van der Waals surface area contributed by atoms with Gasteiger partial charge in [0.25, 0.3) is 0 Å². The lowest BCUT2D eigenvalue weighted by molar-refractivity contribution is -0.134. The molecule has 162 valence electrons. The molecule has 2 amide bonds. The Labute approximate surface area is 183 Å². The number of carbonyl (C=O) groups excluding carboxylic acids is 2. The van der Waals surface area contributed by atoms with Crippen LogP contribution in [0.5, 0.6) is 0 Å². The summed E-state index contributed by atoms with van der Waals surface area (Å²) in [5.41, 5.74) is 4.62. The number of nitrogens with one attached hydrogen (secondary N) is 1. The Balaban J connectivity index is 2.04. The number of para-hydroxylation sites is 1. The van der Waals surface area contributed by atoms with Gasteiger partial charge in [-0.05, 0) is 37.5 Å². The summed E-state index contributed by atoms with van der Waals surface area (Å²) < 4.78 is 1.79. The molecule has 0 unspecified atom stereocenters. The number of anilines is 1. The third-order valence-electron chi connectivity index (χ3n) is 5.21. The van der Waals surface area contributed by atoms with Crippen molar-refractivity contribution in [3.8, 4) is 16.8 Å². The van der Waals surface area contributed by atoms with Crippen LogP contribution in [0.3, 0.4) is 0 Å². The highest BCUT2D eigenvalue weighted by Crippen LogP contribution is 2.34. The predicted molar refractivity (Wildman–Crippen MR) is 124 cm³/mol. The predicted octanol–water partition coefficient (Wildman–Crippen LogP) is 4.74. The number of aromatic nitrogens is 2. The Bertz CT molecular complexity index is 1060. The molecule has 3 aromatic rings. The minimum atomic E-state index is -0.234. The number of carbonyl (C=O) groups is 2. The summed E-state index contributed by atoms with van der Waals surface area (Å²) in [6.07, 6.45) is 1.18. The van der Waals surface area contributed by atoms with E-state index >= 15 is 0 Å². The first-order valence-electron chi connectivity index (χ1n) is 10.7. The van der Waals surface area contributed by atoms with E-state index in [4.69, 9.17) is 5.10 Å². The highest BCUT2D eigenvalue weighted by Gasteiger charge is 2.22. The van der Waals surface area contributed by atoms with Crippen molar-refractivity contribution in [3.63, 3.8) is 0 Å². The van der Waals surface area contributed by atoms with Gasteiger partial charge in [0.15, 0.2) is 0 Å². The Morgan fingerprint density at radius 3 is 2.32 bits per heavy atom. The van der Waals surface area contributed by atoms with Gasteiger partial charge in [0.1, 0.15) is 5.82 Å². The molecule has 0 aliphatic heterocycles. The molecule has 0 aliphatic carbocycles. The second-order valence-corrected chi connectivity index (χ2v) is 7.59. The molecular weight excluding hydrogens is 388 g/mol. The summed E-state index contributed by atoms with van der Waals surface area (Å²) in [5.74, 6) is 0.356. The van der Waals surface area contributed by atoms with Crippen LogP contribution in [0.25, 0.3) is 16.8 Å². The van der Waals surface area contributed by atoms with Crippen molar-refractivity contribution >= 4 is 17.6 Å². The van der Waals surface area contributed by atoms with Crippen LogP contribution in [0, 0.1) is 13.8 Å². The largest absolute Gasteiger partial charge is 0.333 e. The van der Waals surface area contributed by atoms with Gasteiger partial charge >= 0.3 is 0 Å². The van der Waals surface area contributed by atoms with Crippen LogP contribution < -0.4 is 5.32 Å². The van der Waals surface area contributed by atoms with E-state index < -0.39 is 0 Å². The number of nitrogens with zero attached hydrogens (tertiary/aromatic N) is 3. The van der Waals surface area contributed by atoms with Crippen LogP contribution in [-0.2, 0) is 9.59 Å². The molecule has 0 aliphatic rings. The zero-order valence-electron chi connectivity index (χ0n) is 18.7. The van der Waals surface area contributed by atoms with Gasteiger partial charge in [-0.1, -0.05) is 62.4 Å². The minimum absolute atomic E-state index is 0.0206. The van der Waals surface area contributed by atoms with Crippen molar-refractivity contribution in [1.82, 2.24) is 14.7 Å². The highest BCUT2D eigenvalue weighted by atomic mass is 16.2. The monoisotopic (exact) mass is 418 g/mol. The first-order valence-corrected chi connectivity index (χ1v) is 10.7. The molecule has 0 fully saturated rings. The molecule has 0 saturated heterocycles. The normalized spacial score (nSPS) is 10.7. The average molecular weight is 419 g/mol. The molecule has 1 aromatic heterocycles. The first kappa shape index (κ1) is 22.3. The maximum atomic E-state index is 13.0. The van der Waals surface area contributed by atoms with Crippen molar-refractivity contribution in [3.05, 3.63) is 65.9 Å². The molecule has 1 heterocycles. The molecule has 3 rings (SSSR count). The van der Waals surface area contributed by atoms with Gasteiger partial charge in [0, 0.05) is 18.5 Å². The fraction of sp³-hybridized carbons (Fsp3) is 0.320. The molecule has 2 aromatic carbocycles. The second-order valence-electron chi connectivity index (χ2n) is 7.59. The molecular formula is C25H30N4O2. The van der Waals surface area contributed by atoms with Crippen LogP contribution in [-0.4, -0.2) is 39.6 Å². The van der Waals surface area contributed by atoms with Crippen LogP contribution in [0.4, 0.5) is 5.82 Å². The van der Waals surface area contributed by atoms with Gasteiger partial charge in [0.2, 0.25) is 11.8 Å². The van der Waals surface area contributed by atoms with E-state index in [1.807, 2.05) is 82.3 Å². The number of aryl methyl sites for hydroxylation is 2. The quantitative estimate of drug-likeness (QED) is 0.574. The summed E-state index contributed by atoms with van der Waals surface area (Å²) in [7, 11) is 0. The summed E-state index contributed by atoms with van der Waals surface area (Å²) in [5, 5.41) is 7.82. The lowest BCUT2D eigenvalue weighted by Crippen LogP contribution is -2.38. The maximum Gasteiger partial charge on any atom is 0.245 e. The molecule has 6 heteroatoms. The summed E-state index contributed by atoms with van der Waals surface area (Å²) in [6, 6.07) is 17.8. The number of rotatable bonds is 8. The smallest absolute Gasteiger partial charge is 0.245 e. The second kappa shape index (κ2) is 10.1. The average Bonchev–Trinajstić information content (AvgIpc) is 3.09. The van der Waals surface area contributed by atoms with Crippen molar-refractivity contribution in [2.24, 2.45) is 0 Å². The fourth-order valence-corrected chi connectivity index (χ4v) is 3.70. The number of amides is 2. The van der Waals surface area contributed by atoms with Gasteiger partial charge in [-0.15, -0.1) is 0 Å². The van der Waals surface area contributed by atoms with Crippen LogP contribution in [0.2, 0.25) is 0 Å². The third kappa shape index (κ3) is 5.02. The molecule has 31 heavy (non-hydrogen) atoms. The van der Waals surface area contributed by atoms with E-state index in [2.05, 4.69) is 5.32 Å². The van der Waals surface area contributed by atoms with Crippen LogP contribution in [0.15, 0.2) is 54.6 Å². The summed E-state index contributed by atoms with van der Waals surface area (Å²) in [4.78, 5) is 26.9. The fourth-order valence-electron chi connectivity index (χ4n) is 3.70. The number of hydrogen-bond acceptors (Lipinski definition) is 3. The highest BCUT2D eigenvalue weighted by molar-refractivity contribution is 5.98. The maximum absolute atomic E-state index is 13.0. The van der Waals surface area contributed by atoms with Gasteiger partial charge in [-0.25, -0.2) is 4.68 Å². The lowest BCUT2D eigenvalue weighted by atomic mass is 10.1. The van der Waals surface area contributed by atoms with Crippen molar-refractivity contribution in [2.45, 2.75) is 40.5 Å². The van der Waals surface area contributed by atoms with E-state index in [0.717, 1.165) is 34.5 Å². The lowest BCUT2D eigenvalue weighted by Gasteiger charge is -2.21. The Kier molecular flexibility index (Phi) is 7.23. The van der Waals surface area contributed by atoms with Crippen LogP contribution in [0.1, 0.15) is 37.9 Å². The molecule has 0 atom stereocenters. The number of hydrogen-bond donors (Lipinski definition) is 1.